The van der Waals surface area contributed by atoms with Gasteiger partial charge in [-0.2, -0.15) is 13.2 Å². The van der Waals surface area contributed by atoms with E-state index in [2.05, 4.69) is 14.9 Å². The number of nitrogens with zero attached hydrogens (tertiary/aromatic N) is 3. The van der Waals surface area contributed by atoms with Crippen LogP contribution in [0.15, 0.2) is 59.4 Å². The molecule has 5 nitrogen and oxygen atoms in total. The Hall–Kier alpha value is -3.30. The molecule has 4 aromatic rings. The minimum atomic E-state index is -4.41. The molecular weight excluding hydrogens is 461 g/mol. The summed E-state index contributed by atoms with van der Waals surface area (Å²) in [5.41, 5.74) is 2.79. The lowest BCUT2D eigenvalue weighted by Crippen LogP contribution is -2.35. The Labute approximate surface area is 198 Å². The maximum atomic E-state index is 12.9. The van der Waals surface area contributed by atoms with E-state index in [0.29, 0.717) is 36.3 Å². The van der Waals surface area contributed by atoms with Crippen molar-refractivity contribution in [3.8, 4) is 22.6 Å². The van der Waals surface area contributed by atoms with Crippen LogP contribution < -0.4 is 5.56 Å². The first-order chi connectivity index (χ1) is 16.3. The number of aryl methyl sites for hydroxylation is 1. The van der Waals surface area contributed by atoms with Crippen molar-refractivity contribution in [2.45, 2.75) is 32.6 Å². The third-order valence-electron chi connectivity index (χ3n) is 5.85. The largest absolute Gasteiger partial charge is 0.416 e. The van der Waals surface area contributed by atoms with Crippen molar-refractivity contribution < 1.29 is 13.2 Å². The molecule has 0 unspecified atom stereocenters. The van der Waals surface area contributed by atoms with E-state index in [1.165, 1.54) is 12.1 Å². The number of halogens is 3. The molecule has 0 radical (unpaired) electrons. The summed E-state index contributed by atoms with van der Waals surface area (Å²) in [7, 11) is 0. The molecule has 9 heteroatoms. The Bertz CT molecular complexity index is 1380. The van der Waals surface area contributed by atoms with E-state index in [1.54, 1.807) is 11.3 Å². The maximum Gasteiger partial charge on any atom is 0.416 e. The number of benzene rings is 2. The van der Waals surface area contributed by atoms with Gasteiger partial charge in [-0.1, -0.05) is 42.5 Å². The first kappa shape index (κ1) is 22.5. The van der Waals surface area contributed by atoms with Crippen LogP contribution in [0.5, 0.6) is 0 Å². The lowest BCUT2D eigenvalue weighted by Gasteiger charge is -2.27. The Kier molecular flexibility index (Phi) is 5.83. The predicted molar refractivity (Wildman–Crippen MR) is 125 cm³/mol. The highest BCUT2D eigenvalue weighted by Gasteiger charge is 2.30. The summed E-state index contributed by atoms with van der Waals surface area (Å²) in [6, 6.07) is 14.7. The Balaban J connectivity index is 1.37. The number of rotatable bonds is 4. The van der Waals surface area contributed by atoms with Gasteiger partial charge in [-0.25, -0.2) is 9.97 Å². The van der Waals surface area contributed by atoms with Crippen LogP contribution in [0.1, 0.15) is 26.7 Å². The number of fused-ring (bicyclic) bond motifs is 1. The van der Waals surface area contributed by atoms with Crippen LogP contribution >= 0.6 is 11.3 Å². The molecule has 0 spiro atoms. The molecule has 0 aliphatic carbocycles. The molecule has 2 aromatic heterocycles. The Morgan fingerprint density at radius 3 is 2.47 bits per heavy atom. The third kappa shape index (κ3) is 4.53. The molecule has 0 amide bonds. The van der Waals surface area contributed by atoms with E-state index >= 15 is 0 Å². The molecule has 1 N–H and O–H groups in total. The normalized spacial score (nSPS) is 14.2. The smallest absolute Gasteiger partial charge is 0.306 e. The molecule has 0 saturated heterocycles. The van der Waals surface area contributed by atoms with Gasteiger partial charge in [-0.05, 0) is 19.1 Å². The highest BCUT2D eigenvalue weighted by molar-refractivity contribution is 7.12. The summed E-state index contributed by atoms with van der Waals surface area (Å²) in [6.45, 7) is 3.84. The Morgan fingerprint density at radius 2 is 1.76 bits per heavy atom. The molecule has 2 aromatic carbocycles. The summed E-state index contributed by atoms with van der Waals surface area (Å²) in [6.07, 6.45) is -3.82. The second-order valence-electron chi connectivity index (χ2n) is 8.25. The number of nitrogens with one attached hydrogen (secondary N) is 1. The van der Waals surface area contributed by atoms with Crippen molar-refractivity contribution in [1.82, 2.24) is 19.9 Å². The van der Waals surface area contributed by atoms with Crippen LogP contribution in [0.25, 0.3) is 22.6 Å². The molecule has 0 bridgehead atoms. The number of alkyl halides is 3. The summed E-state index contributed by atoms with van der Waals surface area (Å²) < 4.78 is 38.5. The average Bonchev–Trinajstić information content (AvgIpc) is 3.19. The van der Waals surface area contributed by atoms with Gasteiger partial charge in [0, 0.05) is 42.1 Å². The van der Waals surface area contributed by atoms with Crippen molar-refractivity contribution in [2.24, 2.45) is 0 Å². The van der Waals surface area contributed by atoms with E-state index in [-0.39, 0.29) is 11.4 Å². The van der Waals surface area contributed by atoms with Crippen molar-refractivity contribution >= 4 is 11.3 Å². The molecule has 3 heterocycles. The fraction of sp³-hybridized carbons (Fsp3) is 0.240. The van der Waals surface area contributed by atoms with Crippen molar-refractivity contribution in [3.05, 3.63) is 91.7 Å². The van der Waals surface area contributed by atoms with Crippen LogP contribution in [-0.2, 0) is 25.7 Å². The molecule has 0 atom stereocenters. The second-order valence-corrected chi connectivity index (χ2v) is 9.53. The Morgan fingerprint density at radius 1 is 1.03 bits per heavy atom. The lowest BCUT2D eigenvalue weighted by atomic mass is 10.1. The minimum Gasteiger partial charge on any atom is -0.306 e. The van der Waals surface area contributed by atoms with Gasteiger partial charge in [-0.3, -0.25) is 9.69 Å². The van der Waals surface area contributed by atoms with Crippen LogP contribution in [0, 0.1) is 6.92 Å². The van der Waals surface area contributed by atoms with Gasteiger partial charge in [0.05, 0.1) is 27.5 Å². The SMILES string of the molecule is Cc1nc(-c2ccccc2)c(CN2CCc3nc(-c4ccc(C(F)(F)F)cc4)[nH]c(=O)c3C2)s1. The fourth-order valence-corrected chi connectivity index (χ4v) is 5.17. The molecule has 1 aliphatic rings. The van der Waals surface area contributed by atoms with Crippen LogP contribution in [0.2, 0.25) is 0 Å². The first-order valence-corrected chi connectivity index (χ1v) is 11.6. The van der Waals surface area contributed by atoms with Crippen LogP contribution in [-0.4, -0.2) is 26.4 Å². The number of hydrogen-bond acceptors (Lipinski definition) is 5. The van der Waals surface area contributed by atoms with E-state index in [9.17, 15) is 18.0 Å². The van der Waals surface area contributed by atoms with E-state index < -0.39 is 11.7 Å². The van der Waals surface area contributed by atoms with Gasteiger partial charge in [-0.15, -0.1) is 11.3 Å². The number of hydrogen-bond donors (Lipinski definition) is 1. The van der Waals surface area contributed by atoms with Crippen molar-refractivity contribution in [1.29, 1.82) is 0 Å². The molecule has 0 saturated carbocycles. The number of aromatic amines is 1. The zero-order chi connectivity index (χ0) is 23.9. The molecule has 1 aliphatic heterocycles. The standard InChI is InChI=1S/C25H21F3N4OS/c1-15-29-22(16-5-3-2-4-6-16)21(34-15)14-32-12-11-20-19(13-32)24(33)31-23(30-20)17-7-9-18(10-8-17)25(26,27)28/h2-10H,11-14H2,1H3,(H,30,31,33). The summed E-state index contributed by atoms with van der Waals surface area (Å²) in [5.74, 6) is 0.287. The molecular formula is C25H21F3N4OS. The van der Waals surface area contributed by atoms with E-state index in [0.717, 1.165) is 39.8 Å². The van der Waals surface area contributed by atoms with Crippen molar-refractivity contribution in [3.63, 3.8) is 0 Å². The summed E-state index contributed by atoms with van der Waals surface area (Å²) in [4.78, 5) is 28.3. The molecule has 174 valence electrons. The highest BCUT2D eigenvalue weighted by atomic mass is 32.1. The zero-order valence-corrected chi connectivity index (χ0v) is 19.1. The lowest BCUT2D eigenvalue weighted by molar-refractivity contribution is -0.137. The quantitative estimate of drug-likeness (QED) is 0.421. The van der Waals surface area contributed by atoms with Gasteiger partial charge in [0.15, 0.2) is 0 Å². The van der Waals surface area contributed by atoms with E-state index in [1.807, 2.05) is 37.3 Å². The number of H-pyrrole nitrogens is 1. The van der Waals surface area contributed by atoms with Gasteiger partial charge in [0.25, 0.3) is 5.56 Å². The maximum absolute atomic E-state index is 12.9. The topological polar surface area (TPSA) is 61.9 Å². The highest BCUT2D eigenvalue weighted by Crippen LogP contribution is 2.32. The minimum absolute atomic E-state index is 0.256. The molecule has 5 rings (SSSR count). The predicted octanol–water partition coefficient (Wildman–Crippen LogP) is 5.45. The third-order valence-corrected chi connectivity index (χ3v) is 6.81. The first-order valence-electron chi connectivity index (χ1n) is 10.8. The monoisotopic (exact) mass is 482 g/mol. The van der Waals surface area contributed by atoms with Gasteiger partial charge in [0.2, 0.25) is 0 Å². The van der Waals surface area contributed by atoms with Gasteiger partial charge in [0.1, 0.15) is 5.82 Å². The number of thiazole rings is 1. The summed E-state index contributed by atoms with van der Waals surface area (Å²) >= 11 is 1.66. The van der Waals surface area contributed by atoms with E-state index in [4.69, 9.17) is 4.98 Å². The average molecular weight is 483 g/mol. The van der Waals surface area contributed by atoms with Crippen LogP contribution in [0.4, 0.5) is 13.2 Å². The van der Waals surface area contributed by atoms with Crippen LogP contribution in [0.3, 0.4) is 0 Å². The summed E-state index contributed by atoms with van der Waals surface area (Å²) in [5, 5.41) is 0.993. The van der Waals surface area contributed by atoms with Gasteiger partial charge >= 0.3 is 6.18 Å². The second kappa shape index (κ2) is 8.81. The van der Waals surface area contributed by atoms with Crippen molar-refractivity contribution in [2.75, 3.05) is 6.54 Å². The number of aromatic nitrogens is 3. The van der Waals surface area contributed by atoms with Gasteiger partial charge < -0.3 is 4.98 Å². The molecule has 34 heavy (non-hydrogen) atoms. The molecule has 0 fully saturated rings. The zero-order valence-electron chi connectivity index (χ0n) is 18.3. The fourth-order valence-electron chi connectivity index (χ4n) is 4.17.